The highest BCUT2D eigenvalue weighted by atomic mass is 79.9. The summed E-state index contributed by atoms with van der Waals surface area (Å²) in [7, 11) is 0. The molecular formula is C20H19BrN2O2. The molecule has 1 atom stereocenters. The van der Waals surface area contributed by atoms with Gasteiger partial charge in [0.15, 0.2) is 0 Å². The van der Waals surface area contributed by atoms with E-state index in [1.54, 1.807) is 12.1 Å². The van der Waals surface area contributed by atoms with Crippen molar-refractivity contribution < 1.29 is 9.59 Å². The van der Waals surface area contributed by atoms with Gasteiger partial charge < -0.3 is 5.32 Å². The van der Waals surface area contributed by atoms with Crippen LogP contribution >= 0.6 is 15.9 Å². The van der Waals surface area contributed by atoms with Crippen LogP contribution in [-0.2, 0) is 4.79 Å². The number of rotatable bonds is 4. The van der Waals surface area contributed by atoms with Gasteiger partial charge in [0.25, 0.3) is 11.8 Å². The molecule has 1 N–H and O–H groups in total. The lowest BCUT2D eigenvalue weighted by atomic mass is 9.98. The molecule has 2 amide bonds. The van der Waals surface area contributed by atoms with Gasteiger partial charge in [-0.15, -0.1) is 0 Å². The number of carbonyl (C=O) groups is 2. The Morgan fingerprint density at radius 2 is 1.88 bits per heavy atom. The van der Waals surface area contributed by atoms with Crippen molar-refractivity contribution in [3.05, 3.63) is 68.1 Å². The Balaban J connectivity index is 1.66. The van der Waals surface area contributed by atoms with Crippen molar-refractivity contribution >= 4 is 33.8 Å². The number of carbonyl (C=O) groups excluding carboxylic acids is 2. The fraction of sp³-hybridized carbons (Fsp3) is 0.250. The minimum atomic E-state index is -0.292. The SMILES string of the molecule is Cc1ccc2c(c1C)=NC(=O)C(CCNC(=O)c1ccc(Br)cc1)C=2. The lowest BCUT2D eigenvalue weighted by molar-refractivity contribution is -0.120. The van der Waals surface area contributed by atoms with Crippen LogP contribution in [0.1, 0.15) is 27.9 Å². The van der Waals surface area contributed by atoms with E-state index in [0.717, 1.165) is 26.2 Å². The first-order valence-electron chi connectivity index (χ1n) is 8.20. The quantitative estimate of drug-likeness (QED) is 0.859. The standard InChI is InChI=1S/C20H19BrN2O2/c1-12-3-4-15-11-16(20(25)23-18(15)13(12)2)9-10-22-19(24)14-5-7-17(21)8-6-14/h3-8,11,16H,9-10H2,1-2H3,(H,22,24). The van der Waals surface area contributed by atoms with E-state index in [1.807, 2.05) is 44.2 Å². The normalized spacial score (nSPS) is 15.8. The van der Waals surface area contributed by atoms with Crippen molar-refractivity contribution in [2.45, 2.75) is 20.3 Å². The fourth-order valence-corrected chi connectivity index (χ4v) is 3.10. The summed E-state index contributed by atoms with van der Waals surface area (Å²) in [6.45, 7) is 4.43. The molecule has 5 heteroatoms. The second-order valence-corrected chi connectivity index (χ2v) is 7.14. The Kier molecular flexibility index (Phi) is 5.13. The molecule has 1 aliphatic heterocycles. The van der Waals surface area contributed by atoms with E-state index in [-0.39, 0.29) is 17.7 Å². The first kappa shape index (κ1) is 17.5. The second-order valence-electron chi connectivity index (χ2n) is 6.22. The summed E-state index contributed by atoms with van der Waals surface area (Å²) < 4.78 is 0.928. The molecule has 128 valence electrons. The second kappa shape index (κ2) is 7.31. The Morgan fingerprint density at radius 3 is 2.60 bits per heavy atom. The van der Waals surface area contributed by atoms with Gasteiger partial charge in [-0.2, -0.15) is 0 Å². The number of aryl methyl sites for hydroxylation is 1. The molecule has 0 aromatic heterocycles. The third-order valence-corrected chi connectivity index (χ3v) is 5.03. The largest absolute Gasteiger partial charge is 0.352 e. The van der Waals surface area contributed by atoms with Crippen LogP contribution in [0.5, 0.6) is 0 Å². The van der Waals surface area contributed by atoms with Gasteiger partial charge >= 0.3 is 0 Å². The molecule has 25 heavy (non-hydrogen) atoms. The first-order chi connectivity index (χ1) is 12.0. The lowest BCUT2D eigenvalue weighted by Gasteiger charge is -2.14. The summed E-state index contributed by atoms with van der Waals surface area (Å²) in [4.78, 5) is 28.7. The maximum atomic E-state index is 12.3. The van der Waals surface area contributed by atoms with Crippen molar-refractivity contribution in [3.8, 4) is 0 Å². The third kappa shape index (κ3) is 3.87. The maximum absolute atomic E-state index is 12.3. The molecule has 0 spiro atoms. The molecule has 0 saturated heterocycles. The molecule has 0 aliphatic carbocycles. The molecule has 0 bridgehead atoms. The molecule has 0 saturated carbocycles. The number of halogens is 1. The molecule has 1 heterocycles. The van der Waals surface area contributed by atoms with Crippen LogP contribution in [0.25, 0.3) is 6.08 Å². The van der Waals surface area contributed by atoms with Crippen molar-refractivity contribution in [3.63, 3.8) is 0 Å². The highest BCUT2D eigenvalue weighted by molar-refractivity contribution is 9.10. The van der Waals surface area contributed by atoms with Gasteiger partial charge in [-0.1, -0.05) is 34.1 Å². The molecule has 1 unspecified atom stereocenters. The summed E-state index contributed by atoms with van der Waals surface area (Å²) in [5, 5.41) is 4.63. The zero-order valence-corrected chi connectivity index (χ0v) is 15.8. The first-order valence-corrected chi connectivity index (χ1v) is 8.99. The highest BCUT2D eigenvalue weighted by Gasteiger charge is 2.19. The third-order valence-electron chi connectivity index (χ3n) is 4.50. The molecule has 3 rings (SSSR count). The van der Waals surface area contributed by atoms with Gasteiger partial charge in [-0.25, -0.2) is 4.99 Å². The maximum Gasteiger partial charge on any atom is 0.253 e. The van der Waals surface area contributed by atoms with Crippen LogP contribution in [0.2, 0.25) is 0 Å². The number of amides is 2. The van der Waals surface area contributed by atoms with E-state index in [1.165, 1.54) is 0 Å². The van der Waals surface area contributed by atoms with E-state index in [2.05, 4.69) is 26.2 Å². The summed E-state index contributed by atoms with van der Waals surface area (Å²) >= 11 is 3.34. The number of benzene rings is 2. The minimum absolute atomic E-state index is 0.139. The average molecular weight is 399 g/mol. The lowest BCUT2D eigenvalue weighted by Crippen LogP contribution is -2.37. The summed E-state index contributed by atoms with van der Waals surface area (Å²) in [5.74, 6) is -0.571. The minimum Gasteiger partial charge on any atom is -0.352 e. The monoisotopic (exact) mass is 398 g/mol. The molecule has 2 aromatic carbocycles. The number of nitrogens with zero attached hydrogens (tertiary/aromatic N) is 1. The van der Waals surface area contributed by atoms with Crippen LogP contribution in [-0.4, -0.2) is 18.4 Å². The zero-order valence-electron chi connectivity index (χ0n) is 14.2. The van der Waals surface area contributed by atoms with Gasteiger partial charge in [-0.3, -0.25) is 9.59 Å². The Labute approximate surface area is 154 Å². The molecule has 1 aliphatic rings. The van der Waals surface area contributed by atoms with E-state index in [9.17, 15) is 9.59 Å². The topological polar surface area (TPSA) is 58.5 Å². The molecule has 2 aromatic rings. The van der Waals surface area contributed by atoms with Gasteiger partial charge in [0, 0.05) is 16.6 Å². The molecule has 0 radical (unpaired) electrons. The van der Waals surface area contributed by atoms with Crippen molar-refractivity contribution in [1.29, 1.82) is 0 Å². The Bertz CT molecular complexity index is 949. The Morgan fingerprint density at radius 1 is 1.16 bits per heavy atom. The van der Waals surface area contributed by atoms with E-state index < -0.39 is 0 Å². The average Bonchev–Trinajstić information content (AvgIpc) is 2.60. The predicted molar refractivity (Wildman–Crippen MR) is 101 cm³/mol. The zero-order chi connectivity index (χ0) is 18.0. The predicted octanol–water partition coefficient (Wildman–Crippen LogP) is 2.44. The van der Waals surface area contributed by atoms with Gasteiger partial charge in [-0.05, 0) is 60.9 Å². The molecule has 0 fully saturated rings. The van der Waals surface area contributed by atoms with Crippen molar-refractivity contribution in [2.75, 3.05) is 6.54 Å². The van der Waals surface area contributed by atoms with Crippen molar-refractivity contribution in [2.24, 2.45) is 10.9 Å². The van der Waals surface area contributed by atoms with Crippen LogP contribution in [0.3, 0.4) is 0 Å². The van der Waals surface area contributed by atoms with Crippen molar-refractivity contribution in [1.82, 2.24) is 5.32 Å². The van der Waals surface area contributed by atoms with Gasteiger partial charge in [0.2, 0.25) is 0 Å². The molecule has 4 nitrogen and oxygen atoms in total. The number of nitrogens with one attached hydrogen (secondary N) is 1. The van der Waals surface area contributed by atoms with Crippen LogP contribution < -0.4 is 15.9 Å². The highest BCUT2D eigenvalue weighted by Crippen LogP contribution is 2.12. The smallest absolute Gasteiger partial charge is 0.253 e. The van der Waals surface area contributed by atoms with E-state index in [0.29, 0.717) is 18.5 Å². The van der Waals surface area contributed by atoms with Crippen LogP contribution in [0.4, 0.5) is 0 Å². The molecular weight excluding hydrogens is 380 g/mol. The Hall–Kier alpha value is -2.27. The number of hydrogen-bond acceptors (Lipinski definition) is 2. The van der Waals surface area contributed by atoms with E-state index in [4.69, 9.17) is 0 Å². The summed E-state index contributed by atoms with van der Waals surface area (Å²) in [6, 6.07) is 11.2. The van der Waals surface area contributed by atoms with E-state index >= 15 is 0 Å². The summed E-state index contributed by atoms with van der Waals surface area (Å²) in [6.07, 6.45) is 2.50. The fourth-order valence-electron chi connectivity index (χ4n) is 2.84. The number of hydrogen-bond donors (Lipinski definition) is 1. The summed E-state index contributed by atoms with van der Waals surface area (Å²) in [5.41, 5.74) is 2.77. The van der Waals surface area contributed by atoms with Gasteiger partial charge in [0.05, 0.1) is 11.3 Å². The van der Waals surface area contributed by atoms with Crippen LogP contribution in [0, 0.1) is 19.8 Å². The van der Waals surface area contributed by atoms with Gasteiger partial charge in [0.1, 0.15) is 0 Å². The van der Waals surface area contributed by atoms with Crippen LogP contribution in [0.15, 0.2) is 45.9 Å². The number of fused-ring (bicyclic) bond motifs is 1.